The van der Waals surface area contributed by atoms with E-state index < -0.39 is 35.5 Å². The number of anilines is 1. The normalized spacial score (nSPS) is 11.3. The van der Waals surface area contributed by atoms with Crippen molar-refractivity contribution in [2.75, 3.05) is 40.7 Å². The third-order valence-corrected chi connectivity index (χ3v) is 8.25. The van der Waals surface area contributed by atoms with Crippen LogP contribution < -0.4 is 21.3 Å². The van der Waals surface area contributed by atoms with E-state index in [2.05, 4.69) is 15.5 Å². The number of urea groups is 1. The van der Waals surface area contributed by atoms with Crippen molar-refractivity contribution in [3.63, 3.8) is 0 Å². The Balaban J connectivity index is 1.77. The van der Waals surface area contributed by atoms with Gasteiger partial charge in [-0.15, -0.1) is 21.5 Å². The largest absolute Gasteiger partial charge is 0.480 e. The molecule has 0 unspecified atom stereocenters. The number of nitrogens with one attached hydrogen (secondary N) is 1. The smallest absolute Gasteiger partial charge is 0.345 e. The first-order valence-electron chi connectivity index (χ1n) is 13.5. The number of rotatable bonds is 9. The number of hydrogen-bond acceptors (Lipinski definition) is 9. The zero-order valence-corrected chi connectivity index (χ0v) is 25.8. The predicted molar refractivity (Wildman–Crippen MR) is 166 cm³/mol. The van der Waals surface area contributed by atoms with Crippen LogP contribution in [0.3, 0.4) is 0 Å². The zero-order chi connectivity index (χ0) is 32.4. The van der Waals surface area contributed by atoms with Crippen molar-refractivity contribution < 1.29 is 23.1 Å². The summed E-state index contributed by atoms with van der Waals surface area (Å²) in [6.45, 7) is -0.195. The summed E-state index contributed by atoms with van der Waals surface area (Å²) >= 11 is 1.15. The van der Waals surface area contributed by atoms with Crippen molar-refractivity contribution in [3.8, 4) is 22.1 Å². The summed E-state index contributed by atoms with van der Waals surface area (Å²) in [5.41, 5.74) is -0.0616. The van der Waals surface area contributed by atoms with E-state index in [9.17, 15) is 23.2 Å². The van der Waals surface area contributed by atoms with E-state index in [1.165, 1.54) is 44.0 Å². The topological polar surface area (TPSA) is 124 Å². The van der Waals surface area contributed by atoms with E-state index in [0.29, 0.717) is 28.2 Å². The second-order valence-corrected chi connectivity index (χ2v) is 11.2. The monoisotopic (exact) mass is 637 g/mol. The van der Waals surface area contributed by atoms with Gasteiger partial charge in [0.25, 0.3) is 5.56 Å². The molecule has 1 N–H and O–H groups in total. The standard InChI is InChI=1S/C30H29F2N7O5S/c1-36(2)15-20-25-27(40)39(23-13-14-24(43-4)35-34-23)30(42)38(16-19-21(31)7-6-8-22(19)32)28(25)45-26(20)17-9-11-18(12-10-17)33-29(41)37(3)44-5/h6-14H,15-16H2,1-5H3,(H,33,41). The second-order valence-electron chi connectivity index (χ2n) is 10.2. The fourth-order valence-electron chi connectivity index (χ4n) is 4.68. The van der Waals surface area contributed by atoms with Crippen LogP contribution in [0.25, 0.3) is 26.5 Å². The number of carbonyl (C=O) groups excluding carboxylic acids is 1. The molecular formula is C30H29F2N7O5S. The Morgan fingerprint density at radius 2 is 1.64 bits per heavy atom. The Bertz CT molecular complexity index is 1970. The molecule has 0 bridgehead atoms. The van der Waals surface area contributed by atoms with Crippen molar-refractivity contribution >= 4 is 33.3 Å². The van der Waals surface area contributed by atoms with E-state index in [1.807, 2.05) is 19.0 Å². The lowest BCUT2D eigenvalue weighted by molar-refractivity contribution is -0.0598. The maximum Gasteiger partial charge on any atom is 0.345 e. The summed E-state index contributed by atoms with van der Waals surface area (Å²) < 4.78 is 36.8. The van der Waals surface area contributed by atoms with Crippen molar-refractivity contribution in [3.05, 3.63) is 98.2 Å². The lowest BCUT2D eigenvalue weighted by Crippen LogP contribution is -2.39. The highest BCUT2D eigenvalue weighted by Crippen LogP contribution is 2.38. The summed E-state index contributed by atoms with van der Waals surface area (Å²) in [5.74, 6) is -1.58. The average Bonchev–Trinajstić information content (AvgIpc) is 3.39. The van der Waals surface area contributed by atoms with E-state index in [4.69, 9.17) is 9.57 Å². The maximum absolute atomic E-state index is 14.9. The van der Waals surface area contributed by atoms with Crippen molar-refractivity contribution in [2.45, 2.75) is 13.1 Å². The molecule has 3 heterocycles. The van der Waals surface area contributed by atoms with Gasteiger partial charge in [0.2, 0.25) is 5.88 Å². The summed E-state index contributed by atoms with van der Waals surface area (Å²) in [7, 11) is 7.89. The number of thiophene rings is 1. The van der Waals surface area contributed by atoms with Gasteiger partial charge < -0.3 is 15.0 Å². The van der Waals surface area contributed by atoms with Crippen molar-refractivity contribution in [1.82, 2.24) is 29.3 Å². The number of benzene rings is 2. The predicted octanol–water partition coefficient (Wildman–Crippen LogP) is 4.09. The fourth-order valence-corrected chi connectivity index (χ4v) is 5.99. The maximum atomic E-state index is 14.9. The SMILES string of the molecule is COc1ccc(-n2c(=O)c3c(CN(C)C)c(-c4ccc(NC(=O)N(C)OC)cc4)sc3n(Cc3c(F)cccc3F)c2=O)nn1. The first-order valence-corrected chi connectivity index (χ1v) is 14.3. The summed E-state index contributed by atoms with van der Waals surface area (Å²) in [6, 6.07) is 12.7. The van der Waals surface area contributed by atoms with Gasteiger partial charge in [0.05, 0.1) is 26.2 Å². The summed E-state index contributed by atoms with van der Waals surface area (Å²) in [4.78, 5) is 48.1. The first kappa shape index (κ1) is 31.4. The van der Waals surface area contributed by atoms with Gasteiger partial charge in [0.1, 0.15) is 16.5 Å². The molecule has 0 saturated heterocycles. The minimum Gasteiger partial charge on any atom is -0.480 e. The summed E-state index contributed by atoms with van der Waals surface area (Å²) in [5, 5.41) is 11.8. The van der Waals surface area contributed by atoms with E-state index in [0.717, 1.165) is 33.1 Å². The number of nitrogens with zero attached hydrogens (tertiary/aromatic N) is 6. The van der Waals surface area contributed by atoms with Crippen LogP contribution in [0.2, 0.25) is 0 Å². The van der Waals surface area contributed by atoms with Crippen LogP contribution in [0.5, 0.6) is 5.88 Å². The molecule has 0 aliphatic rings. The number of halogens is 2. The zero-order valence-electron chi connectivity index (χ0n) is 25.0. The third-order valence-electron chi connectivity index (χ3n) is 6.95. The molecule has 0 aliphatic carbocycles. The van der Waals surface area contributed by atoms with Gasteiger partial charge in [-0.2, -0.15) is 0 Å². The number of ether oxygens (including phenoxy) is 1. The van der Waals surface area contributed by atoms with Crippen LogP contribution in [-0.4, -0.2) is 70.7 Å². The Morgan fingerprint density at radius 3 is 2.22 bits per heavy atom. The van der Waals surface area contributed by atoms with Crippen LogP contribution in [0.1, 0.15) is 11.1 Å². The Labute approximate surface area is 259 Å². The quantitative estimate of drug-likeness (QED) is 0.240. The van der Waals surface area contributed by atoms with Gasteiger partial charge >= 0.3 is 11.7 Å². The van der Waals surface area contributed by atoms with Crippen molar-refractivity contribution in [2.24, 2.45) is 0 Å². The van der Waals surface area contributed by atoms with Gasteiger partial charge in [0, 0.05) is 35.8 Å². The number of aromatic nitrogens is 4. The molecule has 0 atom stereocenters. The lowest BCUT2D eigenvalue weighted by Gasteiger charge is -2.15. The number of carbonyl (C=O) groups is 1. The molecule has 45 heavy (non-hydrogen) atoms. The molecule has 3 aromatic heterocycles. The van der Waals surface area contributed by atoms with Crippen LogP contribution in [-0.2, 0) is 17.9 Å². The number of hydrogen-bond donors (Lipinski definition) is 1. The van der Waals surface area contributed by atoms with Gasteiger partial charge in [0.15, 0.2) is 5.82 Å². The molecule has 2 amide bonds. The van der Waals surface area contributed by atoms with Gasteiger partial charge in [-0.1, -0.05) is 18.2 Å². The molecule has 15 heteroatoms. The van der Waals surface area contributed by atoms with Gasteiger partial charge in [-0.3, -0.25) is 14.2 Å². The molecule has 2 aromatic carbocycles. The Kier molecular flexibility index (Phi) is 9.04. The lowest BCUT2D eigenvalue weighted by atomic mass is 10.1. The van der Waals surface area contributed by atoms with Crippen molar-refractivity contribution in [1.29, 1.82) is 0 Å². The number of fused-ring (bicyclic) bond motifs is 1. The minimum absolute atomic E-state index is 0.0832. The molecule has 234 valence electrons. The van der Waals surface area contributed by atoms with Gasteiger partial charge in [-0.25, -0.2) is 28.0 Å². The average molecular weight is 638 g/mol. The highest BCUT2D eigenvalue weighted by Gasteiger charge is 2.26. The molecule has 0 saturated carbocycles. The fraction of sp³-hybridized carbons (Fsp3) is 0.233. The molecule has 0 radical (unpaired) electrons. The molecule has 5 aromatic rings. The molecule has 5 rings (SSSR count). The number of methoxy groups -OCH3 is 1. The van der Waals surface area contributed by atoms with Crippen LogP contribution in [0.4, 0.5) is 19.3 Å². The minimum atomic E-state index is -0.848. The highest BCUT2D eigenvalue weighted by atomic mass is 32.1. The molecule has 0 fully saturated rings. The molecule has 12 nitrogen and oxygen atoms in total. The van der Waals surface area contributed by atoms with Crippen LogP contribution in [0, 0.1) is 11.6 Å². The first-order chi connectivity index (χ1) is 21.5. The van der Waals surface area contributed by atoms with Crippen LogP contribution in [0.15, 0.2) is 64.2 Å². The number of hydroxylamine groups is 2. The Hall–Kier alpha value is -4.99. The van der Waals surface area contributed by atoms with Gasteiger partial charge in [-0.05, 0) is 55.6 Å². The molecular weight excluding hydrogens is 608 g/mol. The second kappa shape index (κ2) is 12.9. The molecule has 0 spiro atoms. The molecule has 0 aliphatic heterocycles. The van der Waals surface area contributed by atoms with E-state index >= 15 is 0 Å². The highest BCUT2D eigenvalue weighted by molar-refractivity contribution is 7.22. The van der Waals surface area contributed by atoms with E-state index in [1.54, 1.807) is 24.3 Å². The summed E-state index contributed by atoms with van der Waals surface area (Å²) in [6.07, 6.45) is 0. The van der Waals surface area contributed by atoms with Crippen LogP contribution >= 0.6 is 11.3 Å². The third kappa shape index (κ3) is 6.18. The van der Waals surface area contributed by atoms with E-state index in [-0.39, 0.29) is 27.5 Å². The number of amides is 2. The Morgan fingerprint density at radius 1 is 0.956 bits per heavy atom.